The molecule has 0 spiro atoms. The SMILES string of the molecule is CC(NC(=O)C1(N)CCCC1)c1ccc2c(c1)CCCC2.Cl. The fourth-order valence-electron chi connectivity index (χ4n) is 3.68. The zero-order chi connectivity index (χ0) is 14.9. The van der Waals surface area contributed by atoms with E-state index >= 15 is 0 Å². The van der Waals surface area contributed by atoms with E-state index in [4.69, 9.17) is 5.73 Å². The molecule has 1 amide bonds. The van der Waals surface area contributed by atoms with Gasteiger partial charge in [-0.05, 0) is 62.1 Å². The standard InChI is InChI=1S/C18H26N2O.ClH/c1-13(20-17(21)18(19)10-4-5-11-18)15-9-8-14-6-2-3-7-16(14)12-15;/h8-9,12-13H,2-7,10-11,19H2,1H3,(H,20,21);1H. The Balaban J connectivity index is 0.00000176. The highest BCUT2D eigenvalue weighted by atomic mass is 35.5. The van der Waals surface area contributed by atoms with Crippen LogP contribution in [0.1, 0.15) is 68.2 Å². The van der Waals surface area contributed by atoms with Crippen molar-refractivity contribution < 1.29 is 4.79 Å². The Bertz CT molecular complexity index is 538. The van der Waals surface area contributed by atoms with E-state index in [0.29, 0.717) is 0 Å². The number of halogens is 1. The number of amides is 1. The highest BCUT2D eigenvalue weighted by molar-refractivity contribution is 5.86. The van der Waals surface area contributed by atoms with Gasteiger partial charge in [-0.25, -0.2) is 0 Å². The van der Waals surface area contributed by atoms with E-state index in [9.17, 15) is 4.79 Å². The second-order valence-electron chi connectivity index (χ2n) is 6.79. The Morgan fingerprint density at radius 3 is 2.45 bits per heavy atom. The number of nitrogens with one attached hydrogen (secondary N) is 1. The third-order valence-electron chi connectivity index (χ3n) is 5.17. The number of rotatable bonds is 3. The predicted molar refractivity (Wildman–Crippen MR) is 92.3 cm³/mol. The average Bonchev–Trinajstić information content (AvgIpc) is 2.95. The number of hydrogen-bond donors (Lipinski definition) is 2. The number of carbonyl (C=O) groups excluding carboxylic acids is 1. The molecule has 2 aliphatic carbocycles. The monoisotopic (exact) mass is 322 g/mol. The van der Waals surface area contributed by atoms with Crippen molar-refractivity contribution >= 4 is 18.3 Å². The van der Waals surface area contributed by atoms with Crippen LogP contribution in [-0.2, 0) is 17.6 Å². The van der Waals surface area contributed by atoms with Crippen molar-refractivity contribution in [1.29, 1.82) is 0 Å². The molecule has 1 unspecified atom stereocenters. The van der Waals surface area contributed by atoms with Crippen molar-refractivity contribution in [2.45, 2.75) is 69.9 Å². The van der Waals surface area contributed by atoms with E-state index in [1.54, 1.807) is 0 Å². The summed E-state index contributed by atoms with van der Waals surface area (Å²) in [7, 11) is 0. The van der Waals surface area contributed by atoms with Crippen LogP contribution in [-0.4, -0.2) is 11.4 Å². The minimum Gasteiger partial charge on any atom is -0.348 e. The molecule has 1 atom stereocenters. The zero-order valence-corrected chi connectivity index (χ0v) is 14.2. The van der Waals surface area contributed by atoms with Crippen molar-refractivity contribution in [3.8, 4) is 0 Å². The summed E-state index contributed by atoms with van der Waals surface area (Å²) in [4.78, 5) is 12.4. The number of hydrogen-bond acceptors (Lipinski definition) is 2. The normalized spacial score (nSPS) is 20.6. The van der Waals surface area contributed by atoms with Crippen LogP contribution in [0, 0.1) is 0 Å². The lowest BCUT2D eigenvalue weighted by Crippen LogP contribution is -2.52. The molecular formula is C18H27ClN2O. The number of aryl methyl sites for hydroxylation is 2. The number of carbonyl (C=O) groups is 1. The molecule has 0 radical (unpaired) electrons. The molecule has 1 aromatic carbocycles. The lowest BCUT2D eigenvalue weighted by atomic mass is 9.89. The van der Waals surface area contributed by atoms with Gasteiger partial charge in [0.2, 0.25) is 5.91 Å². The van der Waals surface area contributed by atoms with Gasteiger partial charge in [0.25, 0.3) is 0 Å². The largest absolute Gasteiger partial charge is 0.348 e. The van der Waals surface area contributed by atoms with E-state index in [2.05, 4.69) is 30.4 Å². The summed E-state index contributed by atoms with van der Waals surface area (Å²) in [5, 5.41) is 3.12. The smallest absolute Gasteiger partial charge is 0.240 e. The minimum atomic E-state index is -0.636. The summed E-state index contributed by atoms with van der Waals surface area (Å²) >= 11 is 0. The van der Waals surface area contributed by atoms with Crippen LogP contribution in [0.5, 0.6) is 0 Å². The first kappa shape index (κ1) is 17.3. The molecule has 0 saturated heterocycles. The van der Waals surface area contributed by atoms with Gasteiger partial charge in [0.05, 0.1) is 11.6 Å². The molecule has 2 aliphatic rings. The van der Waals surface area contributed by atoms with Gasteiger partial charge < -0.3 is 11.1 Å². The fraction of sp³-hybridized carbons (Fsp3) is 0.611. The molecule has 0 aliphatic heterocycles. The van der Waals surface area contributed by atoms with Gasteiger partial charge in [0.15, 0.2) is 0 Å². The molecule has 4 heteroatoms. The topological polar surface area (TPSA) is 55.1 Å². The average molecular weight is 323 g/mol. The van der Waals surface area contributed by atoms with Crippen molar-refractivity contribution in [3.05, 3.63) is 34.9 Å². The summed E-state index contributed by atoms with van der Waals surface area (Å²) in [5.41, 5.74) is 9.73. The maximum Gasteiger partial charge on any atom is 0.240 e. The van der Waals surface area contributed by atoms with Gasteiger partial charge in [0.1, 0.15) is 0 Å². The first-order chi connectivity index (χ1) is 10.1. The minimum absolute atomic E-state index is 0. The Morgan fingerprint density at radius 2 is 1.77 bits per heavy atom. The van der Waals surface area contributed by atoms with Gasteiger partial charge in [-0.15, -0.1) is 12.4 Å². The molecule has 0 bridgehead atoms. The van der Waals surface area contributed by atoms with Crippen LogP contribution < -0.4 is 11.1 Å². The maximum atomic E-state index is 12.4. The van der Waals surface area contributed by atoms with Gasteiger partial charge in [-0.3, -0.25) is 4.79 Å². The van der Waals surface area contributed by atoms with E-state index < -0.39 is 5.54 Å². The summed E-state index contributed by atoms with van der Waals surface area (Å²) < 4.78 is 0. The van der Waals surface area contributed by atoms with Crippen molar-refractivity contribution in [1.82, 2.24) is 5.32 Å². The van der Waals surface area contributed by atoms with Crippen LogP contribution in [0.2, 0.25) is 0 Å². The molecule has 1 fully saturated rings. The first-order valence-corrected chi connectivity index (χ1v) is 8.30. The molecule has 3 rings (SSSR count). The zero-order valence-electron chi connectivity index (χ0n) is 13.4. The first-order valence-electron chi connectivity index (χ1n) is 8.30. The molecule has 0 aromatic heterocycles. The Labute approximate surface area is 139 Å². The molecule has 0 heterocycles. The quantitative estimate of drug-likeness (QED) is 0.895. The molecular weight excluding hydrogens is 296 g/mol. The van der Waals surface area contributed by atoms with Gasteiger partial charge in [-0.1, -0.05) is 31.0 Å². The van der Waals surface area contributed by atoms with Crippen molar-refractivity contribution in [2.24, 2.45) is 5.73 Å². The van der Waals surface area contributed by atoms with E-state index in [1.807, 2.05) is 0 Å². The Morgan fingerprint density at radius 1 is 1.14 bits per heavy atom. The maximum absolute atomic E-state index is 12.4. The van der Waals surface area contributed by atoms with E-state index in [1.165, 1.54) is 42.4 Å². The van der Waals surface area contributed by atoms with Crippen LogP contribution >= 0.6 is 12.4 Å². The lowest BCUT2D eigenvalue weighted by Gasteiger charge is -2.26. The van der Waals surface area contributed by atoms with Crippen molar-refractivity contribution in [2.75, 3.05) is 0 Å². The number of fused-ring (bicyclic) bond motifs is 1. The van der Waals surface area contributed by atoms with Gasteiger partial charge >= 0.3 is 0 Å². The van der Waals surface area contributed by atoms with Crippen LogP contribution in [0.25, 0.3) is 0 Å². The third kappa shape index (κ3) is 3.47. The lowest BCUT2D eigenvalue weighted by molar-refractivity contribution is -0.126. The second-order valence-corrected chi connectivity index (χ2v) is 6.79. The second kappa shape index (κ2) is 7.01. The van der Waals surface area contributed by atoms with Crippen LogP contribution in [0.3, 0.4) is 0 Å². The van der Waals surface area contributed by atoms with Crippen LogP contribution in [0.4, 0.5) is 0 Å². The summed E-state index contributed by atoms with van der Waals surface area (Å²) in [6.45, 7) is 2.06. The van der Waals surface area contributed by atoms with Gasteiger partial charge in [-0.2, -0.15) is 0 Å². The highest BCUT2D eigenvalue weighted by Gasteiger charge is 2.37. The van der Waals surface area contributed by atoms with Crippen LogP contribution in [0.15, 0.2) is 18.2 Å². The number of nitrogens with two attached hydrogens (primary N) is 1. The summed E-state index contributed by atoms with van der Waals surface area (Å²) in [6.07, 6.45) is 8.71. The highest BCUT2D eigenvalue weighted by Crippen LogP contribution is 2.29. The summed E-state index contributed by atoms with van der Waals surface area (Å²) in [6, 6.07) is 6.70. The molecule has 22 heavy (non-hydrogen) atoms. The molecule has 122 valence electrons. The van der Waals surface area contributed by atoms with E-state index in [0.717, 1.165) is 25.7 Å². The molecule has 3 N–H and O–H groups in total. The fourth-order valence-corrected chi connectivity index (χ4v) is 3.68. The van der Waals surface area contributed by atoms with Gasteiger partial charge in [0, 0.05) is 0 Å². The molecule has 1 saturated carbocycles. The molecule has 3 nitrogen and oxygen atoms in total. The molecule has 1 aromatic rings. The third-order valence-corrected chi connectivity index (χ3v) is 5.17. The Kier molecular flexibility index (Phi) is 5.51. The Hall–Kier alpha value is -1.06. The van der Waals surface area contributed by atoms with Crippen molar-refractivity contribution in [3.63, 3.8) is 0 Å². The summed E-state index contributed by atoms with van der Waals surface area (Å²) in [5.74, 6) is 0.0187. The predicted octanol–water partition coefficient (Wildman–Crippen LogP) is 3.44. The number of benzene rings is 1. The van der Waals surface area contributed by atoms with E-state index in [-0.39, 0.29) is 24.4 Å².